The SMILES string of the molecule is CC(C)CNCc1cc(F)c(N(C)CC(C)C)c(F)c1. The third kappa shape index (κ3) is 5.08. The second-order valence-corrected chi connectivity index (χ2v) is 6.21. The molecule has 20 heavy (non-hydrogen) atoms. The number of hydrogen-bond donors (Lipinski definition) is 1. The molecule has 1 N–H and O–H groups in total. The second-order valence-electron chi connectivity index (χ2n) is 6.21. The summed E-state index contributed by atoms with van der Waals surface area (Å²) in [6.07, 6.45) is 0. The first-order valence-corrected chi connectivity index (χ1v) is 7.21. The number of anilines is 1. The molecule has 0 heterocycles. The smallest absolute Gasteiger partial charge is 0.149 e. The van der Waals surface area contributed by atoms with Gasteiger partial charge in [0.15, 0.2) is 0 Å². The predicted octanol–water partition coefficient (Wildman–Crippen LogP) is 3.80. The summed E-state index contributed by atoms with van der Waals surface area (Å²) in [6.45, 7) is 10.2. The maximum absolute atomic E-state index is 14.1. The molecular weight excluding hydrogens is 258 g/mol. The topological polar surface area (TPSA) is 15.3 Å². The van der Waals surface area contributed by atoms with Crippen LogP contribution < -0.4 is 10.2 Å². The third-order valence-corrected chi connectivity index (χ3v) is 2.98. The van der Waals surface area contributed by atoms with Crippen LogP contribution in [0.1, 0.15) is 33.3 Å². The normalized spacial score (nSPS) is 11.4. The van der Waals surface area contributed by atoms with E-state index in [-0.39, 0.29) is 5.69 Å². The van der Waals surface area contributed by atoms with Crippen LogP contribution >= 0.6 is 0 Å². The number of hydrogen-bond acceptors (Lipinski definition) is 2. The van der Waals surface area contributed by atoms with Gasteiger partial charge in [-0.05, 0) is 36.1 Å². The zero-order valence-electron chi connectivity index (χ0n) is 13.1. The molecule has 0 spiro atoms. The van der Waals surface area contributed by atoms with Gasteiger partial charge in [0, 0.05) is 20.1 Å². The average molecular weight is 284 g/mol. The summed E-state index contributed by atoms with van der Waals surface area (Å²) < 4.78 is 28.2. The number of halogens is 2. The minimum Gasteiger partial charge on any atom is -0.370 e. The number of benzene rings is 1. The molecule has 0 saturated heterocycles. The highest BCUT2D eigenvalue weighted by Gasteiger charge is 2.16. The summed E-state index contributed by atoms with van der Waals surface area (Å²) in [7, 11) is 1.72. The fourth-order valence-electron chi connectivity index (χ4n) is 2.23. The van der Waals surface area contributed by atoms with Crippen molar-refractivity contribution in [3.05, 3.63) is 29.3 Å². The lowest BCUT2D eigenvalue weighted by molar-refractivity contribution is 0.539. The molecule has 0 saturated carbocycles. The molecule has 0 fully saturated rings. The van der Waals surface area contributed by atoms with Gasteiger partial charge in [-0.2, -0.15) is 0 Å². The van der Waals surface area contributed by atoms with E-state index in [2.05, 4.69) is 19.2 Å². The van der Waals surface area contributed by atoms with Crippen molar-refractivity contribution in [3.8, 4) is 0 Å². The third-order valence-electron chi connectivity index (χ3n) is 2.98. The Kier molecular flexibility index (Phi) is 6.40. The van der Waals surface area contributed by atoms with Crippen molar-refractivity contribution in [1.82, 2.24) is 5.32 Å². The molecule has 0 aliphatic carbocycles. The molecule has 114 valence electrons. The van der Waals surface area contributed by atoms with Gasteiger partial charge < -0.3 is 10.2 Å². The summed E-state index contributed by atoms with van der Waals surface area (Å²) in [5.41, 5.74) is 0.702. The largest absolute Gasteiger partial charge is 0.370 e. The van der Waals surface area contributed by atoms with Crippen molar-refractivity contribution in [2.24, 2.45) is 11.8 Å². The van der Waals surface area contributed by atoms with Crippen molar-refractivity contribution in [2.75, 3.05) is 25.0 Å². The molecule has 1 aromatic rings. The Morgan fingerprint density at radius 2 is 1.60 bits per heavy atom. The first-order valence-electron chi connectivity index (χ1n) is 7.21. The van der Waals surface area contributed by atoms with Crippen LogP contribution in [0.15, 0.2) is 12.1 Å². The van der Waals surface area contributed by atoms with Gasteiger partial charge in [0.1, 0.15) is 17.3 Å². The monoisotopic (exact) mass is 284 g/mol. The molecule has 0 aliphatic heterocycles. The summed E-state index contributed by atoms with van der Waals surface area (Å²) in [4.78, 5) is 1.64. The molecule has 0 radical (unpaired) electrons. The average Bonchev–Trinajstić information content (AvgIpc) is 2.26. The minimum atomic E-state index is -0.491. The van der Waals surface area contributed by atoms with Crippen LogP contribution in [0.5, 0.6) is 0 Å². The van der Waals surface area contributed by atoms with Gasteiger partial charge in [-0.25, -0.2) is 8.78 Å². The molecular formula is C16H26F2N2. The van der Waals surface area contributed by atoms with E-state index in [9.17, 15) is 8.78 Å². The maximum atomic E-state index is 14.1. The summed E-state index contributed by atoms with van der Waals surface area (Å²) >= 11 is 0. The molecule has 0 bridgehead atoms. The van der Waals surface area contributed by atoms with Gasteiger partial charge in [0.05, 0.1) is 0 Å². The van der Waals surface area contributed by atoms with Gasteiger partial charge in [0.2, 0.25) is 0 Å². The Bertz CT molecular complexity index is 407. The van der Waals surface area contributed by atoms with Crippen LogP contribution in [0.4, 0.5) is 14.5 Å². The van der Waals surface area contributed by atoms with Crippen LogP contribution in [0.3, 0.4) is 0 Å². The lowest BCUT2D eigenvalue weighted by Crippen LogP contribution is -2.25. The van der Waals surface area contributed by atoms with Crippen molar-refractivity contribution in [2.45, 2.75) is 34.2 Å². The highest BCUT2D eigenvalue weighted by Crippen LogP contribution is 2.24. The van der Waals surface area contributed by atoms with Gasteiger partial charge >= 0.3 is 0 Å². The van der Waals surface area contributed by atoms with E-state index in [1.165, 1.54) is 12.1 Å². The van der Waals surface area contributed by atoms with E-state index in [0.29, 0.717) is 30.5 Å². The van der Waals surface area contributed by atoms with E-state index in [4.69, 9.17) is 0 Å². The fourth-order valence-corrected chi connectivity index (χ4v) is 2.23. The van der Waals surface area contributed by atoms with Crippen molar-refractivity contribution >= 4 is 5.69 Å². The first-order chi connectivity index (χ1) is 9.31. The van der Waals surface area contributed by atoms with E-state index in [1.807, 2.05) is 13.8 Å². The quantitative estimate of drug-likeness (QED) is 0.819. The summed E-state index contributed by atoms with van der Waals surface area (Å²) in [5.74, 6) is -0.115. The Hall–Kier alpha value is -1.16. The molecule has 0 aliphatic rings. The van der Waals surface area contributed by atoms with Crippen LogP contribution in [0.25, 0.3) is 0 Å². The lowest BCUT2D eigenvalue weighted by Gasteiger charge is -2.23. The molecule has 0 atom stereocenters. The Morgan fingerprint density at radius 1 is 1.05 bits per heavy atom. The van der Waals surface area contributed by atoms with E-state index < -0.39 is 11.6 Å². The number of rotatable bonds is 7. The van der Waals surface area contributed by atoms with Gasteiger partial charge in [-0.15, -0.1) is 0 Å². The second kappa shape index (κ2) is 7.58. The molecule has 1 aromatic carbocycles. The maximum Gasteiger partial charge on any atom is 0.149 e. The Morgan fingerprint density at radius 3 is 2.05 bits per heavy atom. The summed E-state index contributed by atoms with van der Waals surface area (Å²) in [6, 6.07) is 2.84. The van der Waals surface area contributed by atoms with Gasteiger partial charge in [-0.1, -0.05) is 27.7 Å². The zero-order valence-corrected chi connectivity index (χ0v) is 13.1. The highest BCUT2D eigenvalue weighted by molar-refractivity contribution is 5.50. The molecule has 1 rings (SSSR count). The van der Waals surface area contributed by atoms with Gasteiger partial charge in [0.25, 0.3) is 0 Å². The van der Waals surface area contributed by atoms with Crippen LogP contribution in [0, 0.1) is 23.5 Å². The van der Waals surface area contributed by atoms with Crippen molar-refractivity contribution in [3.63, 3.8) is 0 Å². The van der Waals surface area contributed by atoms with Gasteiger partial charge in [-0.3, -0.25) is 0 Å². The van der Waals surface area contributed by atoms with Crippen LogP contribution in [-0.4, -0.2) is 20.1 Å². The molecule has 2 nitrogen and oxygen atoms in total. The van der Waals surface area contributed by atoms with E-state index >= 15 is 0 Å². The van der Waals surface area contributed by atoms with Crippen LogP contribution in [-0.2, 0) is 6.54 Å². The standard InChI is InChI=1S/C16H26F2N2/c1-11(2)8-19-9-13-6-14(17)16(15(18)7-13)20(5)10-12(3)4/h6-7,11-12,19H,8-10H2,1-5H3. The minimum absolute atomic E-state index is 0.0614. The molecule has 0 unspecified atom stereocenters. The van der Waals surface area contributed by atoms with Crippen LogP contribution in [0.2, 0.25) is 0 Å². The predicted molar refractivity (Wildman–Crippen MR) is 81.0 cm³/mol. The molecule has 0 aromatic heterocycles. The Balaban J connectivity index is 2.80. The molecule has 0 amide bonds. The van der Waals surface area contributed by atoms with Crippen molar-refractivity contribution in [1.29, 1.82) is 0 Å². The number of nitrogens with zero attached hydrogens (tertiary/aromatic N) is 1. The van der Waals surface area contributed by atoms with Crippen molar-refractivity contribution < 1.29 is 8.78 Å². The number of nitrogens with one attached hydrogen (secondary N) is 1. The van der Waals surface area contributed by atoms with E-state index in [1.54, 1.807) is 11.9 Å². The first kappa shape index (κ1) is 16.9. The summed E-state index contributed by atoms with van der Waals surface area (Å²) in [5, 5.41) is 3.19. The molecule has 4 heteroatoms. The highest BCUT2D eigenvalue weighted by atomic mass is 19.1. The fraction of sp³-hybridized carbons (Fsp3) is 0.625. The Labute approximate surface area is 121 Å². The lowest BCUT2D eigenvalue weighted by atomic mass is 10.1. The zero-order chi connectivity index (χ0) is 15.3. The van der Waals surface area contributed by atoms with E-state index in [0.717, 1.165) is 6.54 Å².